The van der Waals surface area contributed by atoms with E-state index in [1.54, 1.807) is 0 Å². The van der Waals surface area contributed by atoms with Crippen LogP contribution in [0.3, 0.4) is 0 Å². The van der Waals surface area contributed by atoms with E-state index in [9.17, 15) is 0 Å². The van der Waals surface area contributed by atoms with E-state index < -0.39 is 0 Å². The van der Waals surface area contributed by atoms with Crippen LogP contribution in [0.1, 0.15) is 18.5 Å². The summed E-state index contributed by atoms with van der Waals surface area (Å²) in [5.41, 5.74) is 6.92. The summed E-state index contributed by atoms with van der Waals surface area (Å²) in [6.07, 6.45) is 0. The molecule has 0 aliphatic carbocycles. The fraction of sp³-hybridized carbons (Fsp3) is 0.250. The van der Waals surface area contributed by atoms with E-state index in [0.717, 1.165) is 21.5 Å². The molecule has 0 bridgehead atoms. The Morgan fingerprint density at radius 1 is 1.05 bits per heavy atom. The second-order valence-electron chi connectivity index (χ2n) is 4.48. The molecule has 0 aromatic heterocycles. The zero-order valence-electron chi connectivity index (χ0n) is 11.4. The van der Waals surface area contributed by atoms with E-state index in [0.29, 0.717) is 13.2 Å². The van der Waals surface area contributed by atoms with Crippen molar-refractivity contribution in [3.8, 4) is 11.5 Å². The molecule has 2 N–H and O–H groups in total. The molecule has 0 amide bonds. The molecule has 0 heterocycles. The van der Waals surface area contributed by atoms with Crippen LogP contribution in [0, 0.1) is 0 Å². The topological polar surface area (TPSA) is 44.5 Å². The lowest BCUT2D eigenvalue weighted by molar-refractivity contribution is 0.215. The number of rotatable bonds is 6. The Kier molecular flexibility index (Phi) is 5.44. The second kappa shape index (κ2) is 7.31. The van der Waals surface area contributed by atoms with Crippen molar-refractivity contribution in [2.75, 3.05) is 13.2 Å². The standard InChI is InChI=1S/C16H18BrNO2/c1-12(18)15-7-2-3-8-16(15)20-10-9-19-14-6-4-5-13(17)11-14/h2-8,11-12H,9-10,18H2,1H3/t12-/m0/s1. The van der Waals surface area contributed by atoms with Crippen LogP contribution in [0.5, 0.6) is 11.5 Å². The summed E-state index contributed by atoms with van der Waals surface area (Å²) in [6, 6.07) is 15.5. The first-order valence-electron chi connectivity index (χ1n) is 6.52. The number of halogens is 1. The second-order valence-corrected chi connectivity index (χ2v) is 5.40. The Labute approximate surface area is 127 Å². The van der Waals surface area contributed by atoms with Gasteiger partial charge in [0.2, 0.25) is 0 Å². The summed E-state index contributed by atoms with van der Waals surface area (Å²) in [5.74, 6) is 1.64. The molecule has 0 aliphatic heterocycles. The van der Waals surface area contributed by atoms with Crippen molar-refractivity contribution in [2.24, 2.45) is 5.73 Å². The molecule has 2 aromatic carbocycles. The third kappa shape index (κ3) is 4.25. The first-order chi connectivity index (χ1) is 9.66. The predicted octanol–water partition coefficient (Wildman–Crippen LogP) is 3.93. The van der Waals surface area contributed by atoms with Gasteiger partial charge in [-0.2, -0.15) is 0 Å². The van der Waals surface area contributed by atoms with Gasteiger partial charge in [-0.3, -0.25) is 0 Å². The molecule has 0 aliphatic rings. The van der Waals surface area contributed by atoms with E-state index in [2.05, 4.69) is 15.9 Å². The highest BCUT2D eigenvalue weighted by molar-refractivity contribution is 9.10. The van der Waals surface area contributed by atoms with Gasteiger partial charge in [-0.1, -0.05) is 40.2 Å². The molecule has 0 saturated heterocycles. The Morgan fingerprint density at radius 3 is 2.55 bits per heavy atom. The largest absolute Gasteiger partial charge is 0.490 e. The van der Waals surface area contributed by atoms with Crippen molar-refractivity contribution in [3.63, 3.8) is 0 Å². The Morgan fingerprint density at radius 2 is 1.80 bits per heavy atom. The van der Waals surface area contributed by atoms with Gasteiger partial charge in [0, 0.05) is 16.1 Å². The summed E-state index contributed by atoms with van der Waals surface area (Å²) in [6.45, 7) is 2.92. The highest BCUT2D eigenvalue weighted by Crippen LogP contribution is 2.23. The van der Waals surface area contributed by atoms with Crippen molar-refractivity contribution < 1.29 is 9.47 Å². The van der Waals surface area contributed by atoms with Gasteiger partial charge in [0.1, 0.15) is 24.7 Å². The number of nitrogens with two attached hydrogens (primary N) is 1. The minimum absolute atomic E-state index is 0.0443. The number of benzene rings is 2. The maximum absolute atomic E-state index is 5.91. The monoisotopic (exact) mass is 335 g/mol. The van der Waals surface area contributed by atoms with Gasteiger partial charge in [-0.25, -0.2) is 0 Å². The van der Waals surface area contributed by atoms with E-state index in [4.69, 9.17) is 15.2 Å². The zero-order valence-corrected chi connectivity index (χ0v) is 13.0. The number of ether oxygens (including phenoxy) is 2. The molecule has 0 saturated carbocycles. The lowest BCUT2D eigenvalue weighted by Crippen LogP contribution is -2.12. The van der Waals surface area contributed by atoms with E-state index in [1.165, 1.54) is 0 Å². The zero-order chi connectivity index (χ0) is 14.4. The van der Waals surface area contributed by atoms with Gasteiger partial charge in [0.15, 0.2) is 0 Å². The number of hydrogen-bond acceptors (Lipinski definition) is 3. The van der Waals surface area contributed by atoms with Gasteiger partial charge in [0.25, 0.3) is 0 Å². The van der Waals surface area contributed by atoms with Gasteiger partial charge >= 0.3 is 0 Å². The van der Waals surface area contributed by atoms with Gasteiger partial charge in [-0.05, 0) is 31.2 Å². The van der Waals surface area contributed by atoms with Crippen molar-refractivity contribution in [1.82, 2.24) is 0 Å². The quantitative estimate of drug-likeness (QED) is 0.813. The lowest BCUT2D eigenvalue weighted by atomic mass is 10.1. The third-order valence-electron chi connectivity index (χ3n) is 2.82. The molecular formula is C16H18BrNO2. The van der Waals surface area contributed by atoms with Gasteiger partial charge in [0.05, 0.1) is 0 Å². The van der Waals surface area contributed by atoms with Crippen LogP contribution in [-0.4, -0.2) is 13.2 Å². The molecular weight excluding hydrogens is 318 g/mol. The van der Waals surface area contributed by atoms with E-state index in [1.807, 2.05) is 55.5 Å². The van der Waals surface area contributed by atoms with E-state index in [-0.39, 0.29) is 6.04 Å². The summed E-state index contributed by atoms with van der Waals surface area (Å²) in [7, 11) is 0. The summed E-state index contributed by atoms with van der Waals surface area (Å²) in [4.78, 5) is 0. The first-order valence-corrected chi connectivity index (χ1v) is 7.32. The Balaban J connectivity index is 1.84. The smallest absolute Gasteiger partial charge is 0.124 e. The SMILES string of the molecule is C[C@H](N)c1ccccc1OCCOc1cccc(Br)c1. The maximum atomic E-state index is 5.91. The van der Waals surface area contributed by atoms with Crippen molar-refractivity contribution in [2.45, 2.75) is 13.0 Å². The predicted molar refractivity (Wildman–Crippen MR) is 84.2 cm³/mol. The van der Waals surface area contributed by atoms with Crippen LogP contribution < -0.4 is 15.2 Å². The van der Waals surface area contributed by atoms with Gasteiger partial charge < -0.3 is 15.2 Å². The summed E-state index contributed by atoms with van der Waals surface area (Å²) < 4.78 is 12.4. The lowest BCUT2D eigenvalue weighted by Gasteiger charge is -2.14. The van der Waals surface area contributed by atoms with Crippen LogP contribution >= 0.6 is 15.9 Å². The van der Waals surface area contributed by atoms with Crippen molar-refractivity contribution in [3.05, 3.63) is 58.6 Å². The molecule has 0 fully saturated rings. The summed E-state index contributed by atoms with van der Waals surface area (Å²) >= 11 is 3.41. The van der Waals surface area contributed by atoms with Crippen LogP contribution in [0.2, 0.25) is 0 Å². The van der Waals surface area contributed by atoms with Crippen molar-refractivity contribution >= 4 is 15.9 Å². The van der Waals surface area contributed by atoms with Crippen LogP contribution in [0.15, 0.2) is 53.0 Å². The van der Waals surface area contributed by atoms with Crippen molar-refractivity contribution in [1.29, 1.82) is 0 Å². The van der Waals surface area contributed by atoms with Crippen LogP contribution in [0.25, 0.3) is 0 Å². The minimum atomic E-state index is -0.0443. The van der Waals surface area contributed by atoms with Crippen LogP contribution in [-0.2, 0) is 0 Å². The number of para-hydroxylation sites is 1. The minimum Gasteiger partial charge on any atom is -0.490 e. The first kappa shape index (κ1) is 14.9. The fourth-order valence-electron chi connectivity index (χ4n) is 1.86. The normalized spacial score (nSPS) is 11.9. The maximum Gasteiger partial charge on any atom is 0.124 e. The van der Waals surface area contributed by atoms with Crippen LogP contribution in [0.4, 0.5) is 0 Å². The molecule has 2 rings (SSSR count). The Bertz CT molecular complexity index is 558. The molecule has 0 spiro atoms. The molecule has 2 aromatic rings. The fourth-order valence-corrected chi connectivity index (χ4v) is 2.23. The molecule has 4 heteroatoms. The van der Waals surface area contributed by atoms with Gasteiger partial charge in [-0.15, -0.1) is 0 Å². The highest BCUT2D eigenvalue weighted by Gasteiger charge is 2.06. The molecule has 1 atom stereocenters. The molecule has 20 heavy (non-hydrogen) atoms. The molecule has 0 unspecified atom stereocenters. The average molecular weight is 336 g/mol. The summed E-state index contributed by atoms with van der Waals surface area (Å²) in [5, 5.41) is 0. The number of hydrogen-bond donors (Lipinski definition) is 1. The molecule has 106 valence electrons. The van der Waals surface area contributed by atoms with E-state index >= 15 is 0 Å². The Hall–Kier alpha value is -1.52. The highest BCUT2D eigenvalue weighted by atomic mass is 79.9. The third-order valence-corrected chi connectivity index (χ3v) is 3.31. The average Bonchev–Trinajstić information content (AvgIpc) is 2.44. The molecule has 3 nitrogen and oxygen atoms in total. The molecule has 0 radical (unpaired) electrons.